The van der Waals surface area contributed by atoms with Crippen molar-refractivity contribution in [2.45, 2.75) is 50.6 Å². The van der Waals surface area contributed by atoms with Crippen molar-refractivity contribution < 1.29 is 4.74 Å². The maximum atomic E-state index is 9.68. The van der Waals surface area contributed by atoms with Crippen LogP contribution < -0.4 is 15.0 Å². The van der Waals surface area contributed by atoms with Crippen LogP contribution in [0.3, 0.4) is 0 Å². The lowest BCUT2D eigenvalue weighted by atomic mass is 9.69. The number of pyridine rings is 2. The van der Waals surface area contributed by atoms with Crippen molar-refractivity contribution in [2.24, 2.45) is 0 Å². The second-order valence-electron chi connectivity index (χ2n) is 11.0. The van der Waals surface area contributed by atoms with Gasteiger partial charge in [-0.1, -0.05) is 29.8 Å². The first-order chi connectivity index (χ1) is 19.1. The van der Waals surface area contributed by atoms with Crippen molar-refractivity contribution in [2.75, 3.05) is 44.2 Å². The third-order valence-corrected chi connectivity index (χ3v) is 8.73. The van der Waals surface area contributed by atoms with Gasteiger partial charge in [-0.15, -0.1) is 0 Å². The van der Waals surface area contributed by atoms with Gasteiger partial charge in [0.05, 0.1) is 28.6 Å². The lowest BCUT2D eigenvalue weighted by molar-refractivity contribution is 0.139. The van der Waals surface area contributed by atoms with Crippen LogP contribution in [-0.4, -0.2) is 60.2 Å². The number of nitriles is 1. The van der Waals surface area contributed by atoms with Crippen LogP contribution in [0.2, 0.25) is 5.02 Å². The number of fused-ring (bicyclic) bond motifs is 2. The summed E-state index contributed by atoms with van der Waals surface area (Å²) in [4.78, 5) is 14.7. The summed E-state index contributed by atoms with van der Waals surface area (Å²) in [7, 11) is 0. The topological polar surface area (TPSA) is 77.3 Å². The number of rotatable bonds is 6. The second kappa shape index (κ2) is 11.1. The molecule has 0 unspecified atom stereocenters. The van der Waals surface area contributed by atoms with Crippen LogP contribution >= 0.6 is 11.6 Å². The second-order valence-corrected chi connectivity index (χ2v) is 11.4. The molecule has 3 aliphatic rings. The van der Waals surface area contributed by atoms with Gasteiger partial charge in [0.15, 0.2) is 0 Å². The zero-order valence-electron chi connectivity index (χ0n) is 22.5. The van der Waals surface area contributed by atoms with Crippen LogP contribution in [-0.2, 0) is 12.0 Å². The van der Waals surface area contributed by atoms with Crippen molar-refractivity contribution in [3.8, 4) is 23.1 Å². The molecule has 2 aromatic heterocycles. The van der Waals surface area contributed by atoms with Crippen LogP contribution in [0.4, 0.5) is 5.82 Å². The highest BCUT2D eigenvalue weighted by Gasteiger charge is 2.43. The molecule has 0 amide bonds. The van der Waals surface area contributed by atoms with Gasteiger partial charge >= 0.3 is 0 Å². The first-order valence-electron chi connectivity index (χ1n) is 14.1. The van der Waals surface area contributed by atoms with Gasteiger partial charge in [-0.3, -0.25) is 9.88 Å². The molecule has 6 rings (SSSR count). The van der Waals surface area contributed by atoms with Crippen LogP contribution in [0.15, 0.2) is 48.7 Å². The predicted molar refractivity (Wildman–Crippen MR) is 154 cm³/mol. The smallest absolute Gasteiger partial charge is 0.146 e. The number of nitrogens with zero attached hydrogens (tertiary/aromatic N) is 5. The molecule has 1 atom stereocenters. The summed E-state index contributed by atoms with van der Waals surface area (Å²) < 4.78 is 5.93. The lowest BCUT2D eigenvalue weighted by Crippen LogP contribution is -2.54. The fraction of sp³-hybridized carbons (Fsp3) is 0.452. The van der Waals surface area contributed by atoms with E-state index in [-0.39, 0.29) is 5.41 Å². The highest BCUT2D eigenvalue weighted by atomic mass is 35.5. The van der Waals surface area contributed by atoms with E-state index in [4.69, 9.17) is 21.3 Å². The maximum Gasteiger partial charge on any atom is 0.146 e. The van der Waals surface area contributed by atoms with E-state index in [1.807, 2.05) is 19.1 Å². The van der Waals surface area contributed by atoms with Gasteiger partial charge in [0.1, 0.15) is 17.6 Å². The van der Waals surface area contributed by atoms with Gasteiger partial charge in [0.25, 0.3) is 0 Å². The van der Waals surface area contributed by atoms with Crippen molar-refractivity contribution in [3.63, 3.8) is 0 Å². The molecule has 8 heteroatoms. The Balaban J connectivity index is 1.32. The number of nitrogens with one attached hydrogen (secondary N) is 1. The van der Waals surface area contributed by atoms with Gasteiger partial charge in [-0.2, -0.15) is 5.26 Å². The first-order valence-corrected chi connectivity index (χ1v) is 14.5. The summed E-state index contributed by atoms with van der Waals surface area (Å²) in [5, 5.41) is 13.9. The van der Waals surface area contributed by atoms with Gasteiger partial charge in [0, 0.05) is 55.9 Å². The Morgan fingerprint density at radius 2 is 2.05 bits per heavy atom. The fourth-order valence-corrected chi connectivity index (χ4v) is 6.85. The van der Waals surface area contributed by atoms with Crippen LogP contribution in [0.25, 0.3) is 11.3 Å². The van der Waals surface area contributed by atoms with Crippen LogP contribution in [0.1, 0.15) is 49.4 Å². The van der Waals surface area contributed by atoms with Gasteiger partial charge in [-0.05, 0) is 69.0 Å². The molecule has 0 radical (unpaired) electrons. The Hall–Kier alpha value is -3.18. The van der Waals surface area contributed by atoms with Crippen molar-refractivity contribution in [1.82, 2.24) is 20.2 Å². The average molecular weight is 543 g/mol. The molecular weight excluding hydrogens is 508 g/mol. The molecule has 3 aromatic rings. The molecule has 2 fully saturated rings. The molecule has 39 heavy (non-hydrogen) atoms. The fourth-order valence-electron chi connectivity index (χ4n) is 6.69. The Bertz CT molecular complexity index is 1370. The van der Waals surface area contributed by atoms with Gasteiger partial charge in [-0.25, -0.2) is 4.98 Å². The molecule has 1 N–H and O–H groups in total. The number of hydrogen-bond donors (Lipinski definition) is 1. The molecule has 0 bridgehead atoms. The predicted octanol–water partition coefficient (Wildman–Crippen LogP) is 5.17. The largest absolute Gasteiger partial charge is 0.493 e. The lowest BCUT2D eigenvalue weighted by Gasteiger charge is -2.49. The van der Waals surface area contributed by atoms with Gasteiger partial charge < -0.3 is 15.0 Å². The molecule has 1 aromatic carbocycles. The van der Waals surface area contributed by atoms with E-state index in [2.05, 4.69) is 50.4 Å². The Labute approximate surface area is 235 Å². The van der Waals surface area contributed by atoms with Gasteiger partial charge in [0.2, 0.25) is 0 Å². The normalized spacial score (nSPS) is 20.5. The summed E-state index contributed by atoms with van der Waals surface area (Å²) in [5.74, 6) is 1.61. The molecule has 7 nitrogen and oxygen atoms in total. The van der Waals surface area contributed by atoms with E-state index in [1.54, 1.807) is 12.3 Å². The van der Waals surface area contributed by atoms with E-state index < -0.39 is 0 Å². The number of ether oxygens (including phenoxy) is 1. The van der Waals surface area contributed by atoms with E-state index in [9.17, 15) is 5.26 Å². The Morgan fingerprint density at radius 1 is 1.21 bits per heavy atom. The summed E-state index contributed by atoms with van der Waals surface area (Å²) in [6.07, 6.45) is 6.10. The summed E-state index contributed by atoms with van der Waals surface area (Å²) in [6.45, 7) is 8.37. The SMILES string of the molecule is CCOc1ccccc1-c1ccc2c(n1)CN(C[C@H]1CCCN1)CC21CCN(c2ncc(Cl)cc2C#N)CC1. The number of anilines is 1. The van der Waals surface area contributed by atoms with Crippen molar-refractivity contribution in [3.05, 3.63) is 70.5 Å². The van der Waals surface area contributed by atoms with E-state index in [0.717, 1.165) is 74.9 Å². The minimum Gasteiger partial charge on any atom is -0.493 e. The summed E-state index contributed by atoms with van der Waals surface area (Å²) >= 11 is 6.12. The third-order valence-electron chi connectivity index (χ3n) is 8.52. The Kier molecular flexibility index (Phi) is 7.44. The molecule has 0 saturated carbocycles. The summed E-state index contributed by atoms with van der Waals surface area (Å²) in [6, 6.07) is 17.2. The highest BCUT2D eigenvalue weighted by molar-refractivity contribution is 6.30. The minimum atomic E-state index is 0.0207. The molecular formula is C31H35ClN6O. The zero-order chi connectivity index (χ0) is 26.8. The molecule has 5 heterocycles. The van der Waals surface area contributed by atoms with Crippen molar-refractivity contribution >= 4 is 17.4 Å². The third kappa shape index (κ3) is 5.21. The van der Waals surface area contributed by atoms with Crippen LogP contribution in [0.5, 0.6) is 5.75 Å². The molecule has 1 spiro atoms. The monoisotopic (exact) mass is 542 g/mol. The number of para-hydroxylation sites is 1. The molecule has 2 saturated heterocycles. The molecule has 0 aliphatic carbocycles. The first kappa shape index (κ1) is 26.1. The quantitative estimate of drug-likeness (QED) is 0.460. The summed E-state index contributed by atoms with van der Waals surface area (Å²) in [5.41, 5.74) is 5.12. The number of piperidine rings is 1. The highest BCUT2D eigenvalue weighted by Crippen LogP contribution is 2.43. The number of halogens is 1. The number of aromatic nitrogens is 2. The minimum absolute atomic E-state index is 0.0207. The molecule has 202 valence electrons. The number of benzene rings is 1. The Morgan fingerprint density at radius 3 is 2.82 bits per heavy atom. The standard InChI is InChI=1S/C31H35ClN6O/c1-2-39-29-8-4-3-7-25(29)27-10-9-26-28(36-27)20-37(19-24-6-5-13-34-24)21-31(26)11-14-38(15-12-31)30-22(17-33)16-23(32)18-35-30/h3-4,7-10,16,18,24,34H,2,5-6,11-15,19-21H2,1H3/t24-/m1/s1. The number of hydrogen-bond acceptors (Lipinski definition) is 7. The molecule has 3 aliphatic heterocycles. The van der Waals surface area contributed by atoms with Crippen LogP contribution in [0, 0.1) is 11.3 Å². The van der Waals surface area contributed by atoms with Crippen molar-refractivity contribution in [1.29, 1.82) is 5.26 Å². The van der Waals surface area contributed by atoms with E-state index in [0.29, 0.717) is 23.2 Å². The maximum absolute atomic E-state index is 9.68. The zero-order valence-corrected chi connectivity index (χ0v) is 23.3. The average Bonchev–Trinajstić information content (AvgIpc) is 3.47. The van der Waals surface area contributed by atoms with E-state index in [1.165, 1.54) is 24.1 Å². The van der Waals surface area contributed by atoms with E-state index >= 15 is 0 Å².